The molecule has 21 heavy (non-hydrogen) atoms. The van der Waals surface area contributed by atoms with E-state index in [0.717, 1.165) is 31.1 Å². The summed E-state index contributed by atoms with van der Waals surface area (Å²) in [4.78, 5) is 2.51. The van der Waals surface area contributed by atoms with Crippen LogP contribution in [0.4, 0.5) is 4.39 Å². The van der Waals surface area contributed by atoms with Crippen LogP contribution in [0, 0.1) is 5.82 Å². The molecule has 1 N–H and O–H groups in total. The van der Waals surface area contributed by atoms with Crippen LogP contribution in [0.3, 0.4) is 0 Å². The number of halogens is 1. The van der Waals surface area contributed by atoms with E-state index >= 15 is 0 Å². The average molecular weight is 292 g/mol. The molecule has 1 fully saturated rings. The molecule has 1 saturated carbocycles. The molecule has 0 amide bonds. The predicted octanol–water partition coefficient (Wildman–Crippen LogP) is 4.13. The fourth-order valence-corrected chi connectivity index (χ4v) is 3.29. The van der Waals surface area contributed by atoms with Gasteiger partial charge in [-0.1, -0.05) is 37.5 Å². The zero-order valence-corrected chi connectivity index (χ0v) is 13.4. The summed E-state index contributed by atoms with van der Waals surface area (Å²) in [5, 5.41) is 3.43. The molecule has 0 saturated heterocycles. The maximum absolute atomic E-state index is 13.7. The first-order valence-electron chi connectivity index (χ1n) is 8.36. The standard InChI is InChI=1S/C18H29FN2/c1-15(17-11-6-7-12-18(17)19)20-13-8-14-21(2)16-9-4-3-5-10-16/h6-7,11-12,15-16,20H,3-5,8-10,13-14H2,1-2H3. The molecule has 1 aromatic carbocycles. The molecular formula is C18H29FN2. The molecule has 1 aliphatic rings. The largest absolute Gasteiger partial charge is 0.310 e. The van der Waals surface area contributed by atoms with Crippen molar-refractivity contribution in [2.75, 3.05) is 20.1 Å². The van der Waals surface area contributed by atoms with Crippen LogP contribution in [0.1, 0.15) is 57.1 Å². The van der Waals surface area contributed by atoms with E-state index < -0.39 is 0 Å². The van der Waals surface area contributed by atoms with Gasteiger partial charge in [0.2, 0.25) is 0 Å². The number of nitrogens with one attached hydrogen (secondary N) is 1. The molecule has 0 heterocycles. The first-order chi connectivity index (χ1) is 10.2. The molecule has 3 heteroatoms. The molecule has 2 rings (SSSR count). The highest BCUT2D eigenvalue weighted by atomic mass is 19.1. The van der Waals surface area contributed by atoms with Gasteiger partial charge in [-0.05, 0) is 52.4 Å². The summed E-state index contributed by atoms with van der Waals surface area (Å²) in [6, 6.07) is 7.89. The van der Waals surface area contributed by atoms with Gasteiger partial charge in [0.1, 0.15) is 5.82 Å². The summed E-state index contributed by atoms with van der Waals surface area (Å²) >= 11 is 0. The third-order valence-corrected chi connectivity index (χ3v) is 4.71. The highest BCUT2D eigenvalue weighted by molar-refractivity contribution is 5.20. The van der Waals surface area contributed by atoms with Crippen LogP contribution in [-0.2, 0) is 0 Å². The topological polar surface area (TPSA) is 15.3 Å². The fourth-order valence-electron chi connectivity index (χ4n) is 3.29. The lowest BCUT2D eigenvalue weighted by atomic mass is 9.94. The Morgan fingerprint density at radius 3 is 2.67 bits per heavy atom. The maximum Gasteiger partial charge on any atom is 0.127 e. The van der Waals surface area contributed by atoms with Crippen molar-refractivity contribution in [3.8, 4) is 0 Å². The van der Waals surface area contributed by atoms with E-state index in [9.17, 15) is 4.39 Å². The first kappa shape index (κ1) is 16.4. The lowest BCUT2D eigenvalue weighted by Crippen LogP contribution is -2.35. The molecule has 1 aliphatic carbocycles. The Morgan fingerprint density at radius 1 is 1.24 bits per heavy atom. The second kappa shape index (κ2) is 8.50. The van der Waals surface area contributed by atoms with E-state index in [2.05, 4.69) is 17.3 Å². The Balaban J connectivity index is 1.66. The van der Waals surface area contributed by atoms with Gasteiger partial charge < -0.3 is 10.2 Å². The summed E-state index contributed by atoms with van der Waals surface area (Å²) in [5.41, 5.74) is 0.762. The molecule has 118 valence electrons. The average Bonchev–Trinajstić information content (AvgIpc) is 2.52. The van der Waals surface area contributed by atoms with Gasteiger partial charge in [0.05, 0.1) is 0 Å². The van der Waals surface area contributed by atoms with Crippen molar-refractivity contribution in [2.45, 2.75) is 57.5 Å². The molecule has 0 aliphatic heterocycles. The molecule has 0 spiro atoms. The molecule has 0 bridgehead atoms. The van der Waals surface area contributed by atoms with Gasteiger partial charge >= 0.3 is 0 Å². The predicted molar refractivity (Wildman–Crippen MR) is 86.9 cm³/mol. The fraction of sp³-hybridized carbons (Fsp3) is 0.667. The molecule has 0 radical (unpaired) electrons. The summed E-state index contributed by atoms with van der Waals surface area (Å²) in [6.45, 7) is 4.09. The second-order valence-corrected chi connectivity index (χ2v) is 6.32. The van der Waals surface area contributed by atoms with Crippen molar-refractivity contribution in [2.24, 2.45) is 0 Å². The van der Waals surface area contributed by atoms with Crippen LogP contribution >= 0.6 is 0 Å². The van der Waals surface area contributed by atoms with Crippen molar-refractivity contribution >= 4 is 0 Å². The van der Waals surface area contributed by atoms with Crippen LogP contribution in [0.15, 0.2) is 24.3 Å². The van der Waals surface area contributed by atoms with Crippen molar-refractivity contribution in [3.05, 3.63) is 35.6 Å². The zero-order chi connectivity index (χ0) is 15.1. The lowest BCUT2D eigenvalue weighted by Gasteiger charge is -2.31. The van der Waals surface area contributed by atoms with Crippen LogP contribution in [0.5, 0.6) is 0 Å². The van der Waals surface area contributed by atoms with Gasteiger partial charge in [0.25, 0.3) is 0 Å². The Morgan fingerprint density at radius 2 is 1.95 bits per heavy atom. The van der Waals surface area contributed by atoms with E-state index in [1.54, 1.807) is 6.07 Å². The van der Waals surface area contributed by atoms with Crippen molar-refractivity contribution in [1.82, 2.24) is 10.2 Å². The summed E-state index contributed by atoms with van der Waals surface area (Å²) in [6.07, 6.45) is 8.01. The quantitative estimate of drug-likeness (QED) is 0.760. The van der Waals surface area contributed by atoms with Gasteiger partial charge in [0, 0.05) is 17.6 Å². The third kappa shape index (κ3) is 5.08. The number of hydrogen-bond acceptors (Lipinski definition) is 2. The SMILES string of the molecule is CC(NCCCN(C)C1CCCCC1)c1ccccc1F. The number of hydrogen-bond donors (Lipinski definition) is 1. The minimum Gasteiger partial charge on any atom is -0.310 e. The van der Waals surface area contributed by atoms with Crippen LogP contribution in [0.25, 0.3) is 0 Å². The zero-order valence-electron chi connectivity index (χ0n) is 13.4. The molecule has 1 aromatic rings. The number of benzene rings is 1. The Kier molecular flexibility index (Phi) is 6.65. The van der Waals surface area contributed by atoms with E-state index in [4.69, 9.17) is 0 Å². The van der Waals surface area contributed by atoms with Gasteiger partial charge in [-0.2, -0.15) is 0 Å². The lowest BCUT2D eigenvalue weighted by molar-refractivity contribution is 0.189. The van der Waals surface area contributed by atoms with Crippen molar-refractivity contribution in [3.63, 3.8) is 0 Å². The second-order valence-electron chi connectivity index (χ2n) is 6.32. The van der Waals surface area contributed by atoms with Gasteiger partial charge in [-0.3, -0.25) is 0 Å². The van der Waals surface area contributed by atoms with E-state index in [1.807, 2.05) is 19.1 Å². The molecular weight excluding hydrogens is 263 g/mol. The Bertz CT molecular complexity index is 415. The minimum atomic E-state index is -0.114. The Labute approximate surface area is 128 Å². The van der Waals surface area contributed by atoms with Crippen LogP contribution in [0.2, 0.25) is 0 Å². The van der Waals surface area contributed by atoms with E-state index in [0.29, 0.717) is 0 Å². The highest BCUT2D eigenvalue weighted by Gasteiger charge is 2.17. The molecule has 1 unspecified atom stereocenters. The van der Waals surface area contributed by atoms with Crippen molar-refractivity contribution in [1.29, 1.82) is 0 Å². The minimum absolute atomic E-state index is 0.0752. The van der Waals surface area contributed by atoms with Crippen LogP contribution in [-0.4, -0.2) is 31.1 Å². The number of rotatable bonds is 7. The van der Waals surface area contributed by atoms with Gasteiger partial charge in [-0.25, -0.2) is 4.39 Å². The highest BCUT2D eigenvalue weighted by Crippen LogP contribution is 2.21. The van der Waals surface area contributed by atoms with E-state index in [-0.39, 0.29) is 11.9 Å². The molecule has 0 aromatic heterocycles. The summed E-state index contributed by atoms with van der Waals surface area (Å²) in [5.74, 6) is -0.114. The maximum atomic E-state index is 13.7. The van der Waals surface area contributed by atoms with Gasteiger partial charge in [0.15, 0.2) is 0 Å². The third-order valence-electron chi connectivity index (χ3n) is 4.71. The molecule has 1 atom stereocenters. The number of nitrogens with zero attached hydrogens (tertiary/aromatic N) is 1. The monoisotopic (exact) mass is 292 g/mol. The van der Waals surface area contributed by atoms with Crippen molar-refractivity contribution < 1.29 is 4.39 Å². The Hall–Kier alpha value is -0.930. The summed E-state index contributed by atoms with van der Waals surface area (Å²) in [7, 11) is 2.25. The summed E-state index contributed by atoms with van der Waals surface area (Å²) < 4.78 is 13.7. The normalized spacial score (nSPS) is 18.1. The first-order valence-corrected chi connectivity index (χ1v) is 8.36. The van der Waals surface area contributed by atoms with Crippen LogP contribution < -0.4 is 5.32 Å². The van der Waals surface area contributed by atoms with Gasteiger partial charge in [-0.15, -0.1) is 0 Å². The smallest absolute Gasteiger partial charge is 0.127 e. The van der Waals surface area contributed by atoms with E-state index in [1.165, 1.54) is 38.2 Å². The molecule has 2 nitrogen and oxygen atoms in total.